The van der Waals surface area contributed by atoms with Gasteiger partial charge >= 0.3 is 6.09 Å². The van der Waals surface area contributed by atoms with Crippen LogP contribution in [0.5, 0.6) is 0 Å². The Bertz CT molecular complexity index is 1450. The average Bonchev–Trinajstić information content (AvgIpc) is 3.48. The van der Waals surface area contributed by atoms with Crippen LogP contribution in [0, 0.1) is 11.3 Å². The molecule has 5 rings (SSSR count). The number of ether oxygens (including phenoxy) is 1. The van der Waals surface area contributed by atoms with Crippen molar-refractivity contribution in [1.82, 2.24) is 34.3 Å². The molecule has 5 heterocycles. The van der Waals surface area contributed by atoms with Crippen molar-refractivity contribution in [1.29, 1.82) is 5.26 Å². The van der Waals surface area contributed by atoms with Gasteiger partial charge in [-0.2, -0.15) is 15.5 Å². The number of anilines is 1. The maximum absolute atomic E-state index is 12.3. The molecule has 1 aliphatic rings. The molecule has 0 spiro atoms. The van der Waals surface area contributed by atoms with Crippen LogP contribution < -0.4 is 4.90 Å². The summed E-state index contributed by atoms with van der Waals surface area (Å²) >= 11 is 0. The Morgan fingerprint density at radius 3 is 2.31 bits per heavy atom. The predicted molar refractivity (Wildman–Crippen MR) is 133 cm³/mol. The van der Waals surface area contributed by atoms with Crippen molar-refractivity contribution in [2.45, 2.75) is 26.4 Å². The number of hydrogen-bond donors (Lipinski definition) is 0. The molecule has 1 amide bonds. The molecule has 1 fully saturated rings. The molecular weight excluding hydrogens is 458 g/mol. The summed E-state index contributed by atoms with van der Waals surface area (Å²) in [6.07, 6.45) is 10.4. The van der Waals surface area contributed by atoms with Crippen molar-refractivity contribution in [2.24, 2.45) is 7.05 Å². The first-order valence-corrected chi connectivity index (χ1v) is 11.7. The van der Waals surface area contributed by atoms with Gasteiger partial charge in [0, 0.05) is 80.3 Å². The third kappa shape index (κ3) is 4.57. The van der Waals surface area contributed by atoms with E-state index in [1.165, 1.54) is 0 Å². The molecule has 0 N–H and O–H groups in total. The van der Waals surface area contributed by atoms with Crippen LogP contribution in [0.15, 0.2) is 43.2 Å². The SMILES string of the molecule is Cn1cc(-c2cc(-c3cnc(N4CCN(C(=O)OC(C)(C)C)CC4)nc3)c3c(C#N)cnn3c2)cn1. The first-order valence-electron chi connectivity index (χ1n) is 11.7. The van der Waals surface area contributed by atoms with Gasteiger partial charge in [-0.1, -0.05) is 0 Å². The molecule has 0 unspecified atom stereocenters. The van der Waals surface area contributed by atoms with Gasteiger partial charge in [0.05, 0.1) is 23.5 Å². The van der Waals surface area contributed by atoms with Crippen LogP contribution in [-0.2, 0) is 11.8 Å². The molecule has 11 heteroatoms. The topological polar surface area (TPSA) is 117 Å². The smallest absolute Gasteiger partial charge is 0.410 e. The number of fused-ring (bicyclic) bond motifs is 1. The minimum Gasteiger partial charge on any atom is -0.444 e. The zero-order valence-electron chi connectivity index (χ0n) is 20.7. The van der Waals surface area contributed by atoms with Gasteiger partial charge in [0.15, 0.2) is 0 Å². The summed E-state index contributed by atoms with van der Waals surface area (Å²) in [7, 11) is 1.87. The molecule has 0 radical (unpaired) electrons. The fraction of sp³-hybridized carbons (Fsp3) is 0.360. The minimum absolute atomic E-state index is 0.301. The molecular formula is C25H27N9O2. The van der Waals surface area contributed by atoms with E-state index >= 15 is 0 Å². The van der Waals surface area contributed by atoms with Gasteiger partial charge in [0.1, 0.15) is 11.7 Å². The molecule has 1 saturated heterocycles. The van der Waals surface area contributed by atoms with Gasteiger partial charge in [-0.05, 0) is 26.8 Å². The maximum atomic E-state index is 12.3. The van der Waals surface area contributed by atoms with E-state index in [-0.39, 0.29) is 6.09 Å². The summed E-state index contributed by atoms with van der Waals surface area (Å²) in [4.78, 5) is 25.3. The Hall–Kier alpha value is -4.46. The molecule has 0 saturated carbocycles. The second kappa shape index (κ2) is 8.96. The van der Waals surface area contributed by atoms with E-state index in [9.17, 15) is 10.1 Å². The lowest BCUT2D eigenvalue weighted by Crippen LogP contribution is -2.50. The fourth-order valence-electron chi connectivity index (χ4n) is 4.19. The van der Waals surface area contributed by atoms with E-state index in [1.807, 2.05) is 51.2 Å². The van der Waals surface area contributed by atoms with Crippen LogP contribution in [0.2, 0.25) is 0 Å². The van der Waals surface area contributed by atoms with Crippen molar-refractivity contribution in [3.63, 3.8) is 0 Å². The number of carbonyl (C=O) groups excluding carboxylic acids is 1. The third-order valence-electron chi connectivity index (χ3n) is 5.93. The number of hydrogen-bond acceptors (Lipinski definition) is 8. The van der Waals surface area contributed by atoms with E-state index in [4.69, 9.17) is 4.74 Å². The fourth-order valence-corrected chi connectivity index (χ4v) is 4.19. The number of aromatic nitrogens is 6. The van der Waals surface area contributed by atoms with Gasteiger partial charge in [0.2, 0.25) is 5.95 Å². The molecule has 4 aromatic heterocycles. The summed E-state index contributed by atoms with van der Waals surface area (Å²) in [5, 5.41) is 18.3. The monoisotopic (exact) mass is 485 g/mol. The molecule has 36 heavy (non-hydrogen) atoms. The van der Waals surface area contributed by atoms with E-state index in [0.717, 1.165) is 22.3 Å². The first-order chi connectivity index (χ1) is 17.2. The quantitative estimate of drug-likeness (QED) is 0.434. The number of amides is 1. The number of rotatable bonds is 3. The number of carbonyl (C=O) groups is 1. The van der Waals surface area contributed by atoms with Crippen molar-refractivity contribution in [3.05, 3.63) is 48.8 Å². The Labute approximate surface area is 208 Å². The largest absolute Gasteiger partial charge is 0.444 e. The highest BCUT2D eigenvalue weighted by molar-refractivity contribution is 5.87. The average molecular weight is 486 g/mol. The van der Waals surface area contributed by atoms with E-state index in [1.54, 1.807) is 38.9 Å². The lowest BCUT2D eigenvalue weighted by atomic mass is 10.0. The lowest BCUT2D eigenvalue weighted by Gasteiger charge is -2.35. The Balaban J connectivity index is 1.40. The standard InChI is InChI=1S/C25H27N9O2/c1-25(2,3)36-24(35)33-7-5-32(6-8-33)23-27-11-19(12-28-23)21-9-17(20-14-29-31(4)15-20)16-34-22(21)18(10-26)13-30-34/h9,11-16H,5-8H2,1-4H3. The normalized spacial score (nSPS) is 14.2. The second-order valence-electron chi connectivity index (χ2n) is 9.73. The summed E-state index contributed by atoms with van der Waals surface area (Å²) in [5.74, 6) is 0.594. The van der Waals surface area contributed by atoms with Crippen LogP contribution in [0.3, 0.4) is 0 Å². The summed E-state index contributed by atoms with van der Waals surface area (Å²) in [6, 6.07) is 4.23. The van der Waals surface area contributed by atoms with E-state index in [2.05, 4.69) is 26.2 Å². The van der Waals surface area contributed by atoms with Gasteiger partial charge in [-0.15, -0.1) is 0 Å². The van der Waals surface area contributed by atoms with Crippen LogP contribution in [-0.4, -0.2) is 72.1 Å². The van der Waals surface area contributed by atoms with Gasteiger partial charge in [0.25, 0.3) is 0 Å². The van der Waals surface area contributed by atoms with Crippen LogP contribution in [0.25, 0.3) is 27.8 Å². The highest BCUT2D eigenvalue weighted by atomic mass is 16.6. The van der Waals surface area contributed by atoms with Crippen molar-refractivity contribution < 1.29 is 9.53 Å². The number of nitriles is 1. The molecule has 0 aliphatic carbocycles. The van der Waals surface area contributed by atoms with Crippen LogP contribution in [0.1, 0.15) is 26.3 Å². The molecule has 0 bridgehead atoms. The van der Waals surface area contributed by atoms with Gasteiger partial charge in [-0.3, -0.25) is 4.68 Å². The lowest BCUT2D eigenvalue weighted by molar-refractivity contribution is 0.0240. The van der Waals surface area contributed by atoms with Crippen molar-refractivity contribution >= 4 is 17.6 Å². The zero-order valence-corrected chi connectivity index (χ0v) is 20.7. The van der Waals surface area contributed by atoms with Crippen LogP contribution >= 0.6 is 0 Å². The number of pyridine rings is 1. The maximum Gasteiger partial charge on any atom is 0.410 e. The molecule has 184 valence electrons. The highest BCUT2D eigenvalue weighted by Gasteiger charge is 2.27. The Morgan fingerprint density at radius 1 is 0.972 bits per heavy atom. The number of piperazine rings is 1. The van der Waals surface area contributed by atoms with Gasteiger partial charge < -0.3 is 14.5 Å². The molecule has 1 aliphatic heterocycles. The Morgan fingerprint density at radius 2 is 1.69 bits per heavy atom. The second-order valence-corrected chi connectivity index (χ2v) is 9.73. The predicted octanol–water partition coefficient (Wildman–Crippen LogP) is 3.12. The van der Waals surface area contributed by atoms with E-state index < -0.39 is 5.60 Å². The van der Waals surface area contributed by atoms with E-state index in [0.29, 0.717) is 43.2 Å². The van der Waals surface area contributed by atoms with Crippen molar-refractivity contribution in [2.75, 3.05) is 31.1 Å². The van der Waals surface area contributed by atoms with Crippen LogP contribution in [0.4, 0.5) is 10.7 Å². The number of nitrogens with zero attached hydrogens (tertiary/aromatic N) is 9. The minimum atomic E-state index is -0.520. The molecule has 0 atom stereocenters. The summed E-state index contributed by atoms with van der Waals surface area (Å²) in [6.45, 7) is 7.88. The summed E-state index contributed by atoms with van der Waals surface area (Å²) < 4.78 is 8.92. The summed E-state index contributed by atoms with van der Waals surface area (Å²) in [5.41, 5.74) is 4.10. The zero-order chi connectivity index (χ0) is 25.4. The first kappa shape index (κ1) is 23.3. The third-order valence-corrected chi connectivity index (χ3v) is 5.93. The molecule has 4 aromatic rings. The highest BCUT2D eigenvalue weighted by Crippen LogP contribution is 2.31. The van der Waals surface area contributed by atoms with Gasteiger partial charge in [-0.25, -0.2) is 19.3 Å². The molecule has 11 nitrogen and oxygen atoms in total. The molecule has 0 aromatic carbocycles. The Kier molecular flexibility index (Phi) is 5.80. The van der Waals surface area contributed by atoms with Crippen molar-refractivity contribution in [3.8, 4) is 28.3 Å². The number of aryl methyl sites for hydroxylation is 1.